The summed E-state index contributed by atoms with van der Waals surface area (Å²) in [7, 11) is 0. The molecule has 0 aromatic heterocycles. The van der Waals surface area contributed by atoms with Crippen LogP contribution in [0.3, 0.4) is 0 Å². The molecule has 3 rings (SSSR count). The predicted molar refractivity (Wildman–Crippen MR) is 72.7 cm³/mol. The van der Waals surface area contributed by atoms with Crippen LogP contribution in [0.1, 0.15) is 5.56 Å². The van der Waals surface area contributed by atoms with Gasteiger partial charge in [0.25, 0.3) is 0 Å². The van der Waals surface area contributed by atoms with Crippen molar-refractivity contribution in [3.05, 3.63) is 48.0 Å². The van der Waals surface area contributed by atoms with E-state index in [1.165, 1.54) is 0 Å². The van der Waals surface area contributed by atoms with E-state index in [9.17, 15) is 0 Å². The van der Waals surface area contributed by atoms with Gasteiger partial charge < -0.3 is 9.47 Å². The Bertz CT molecular complexity index is 649. The van der Waals surface area contributed by atoms with Gasteiger partial charge in [-0.2, -0.15) is 5.26 Å². The van der Waals surface area contributed by atoms with Crippen molar-refractivity contribution in [1.29, 1.82) is 5.26 Å². The lowest BCUT2D eigenvalue weighted by Gasteiger charge is -2.18. The van der Waals surface area contributed by atoms with Crippen LogP contribution in [0.4, 0.5) is 0 Å². The molecule has 0 saturated carbocycles. The zero-order valence-corrected chi connectivity index (χ0v) is 10.9. The minimum atomic E-state index is 0.579. The average molecular weight is 269 g/mol. The number of nitriles is 1. The molecular formula is C15H11NO2S. The molecule has 1 aliphatic rings. The van der Waals surface area contributed by atoms with Crippen LogP contribution in [-0.2, 0) is 0 Å². The van der Waals surface area contributed by atoms with Crippen LogP contribution < -0.4 is 9.47 Å². The molecule has 0 atom stereocenters. The summed E-state index contributed by atoms with van der Waals surface area (Å²) in [6, 6.07) is 15.6. The Morgan fingerprint density at radius 1 is 1.00 bits per heavy atom. The zero-order valence-electron chi connectivity index (χ0n) is 10.1. The van der Waals surface area contributed by atoms with Crippen LogP contribution in [0.25, 0.3) is 0 Å². The molecule has 2 aromatic rings. The minimum Gasteiger partial charge on any atom is -0.486 e. The highest BCUT2D eigenvalue weighted by molar-refractivity contribution is 7.99. The van der Waals surface area contributed by atoms with Gasteiger partial charge in [-0.1, -0.05) is 23.9 Å². The van der Waals surface area contributed by atoms with Crippen LogP contribution in [0, 0.1) is 11.3 Å². The molecule has 19 heavy (non-hydrogen) atoms. The Kier molecular flexibility index (Phi) is 3.30. The fourth-order valence-electron chi connectivity index (χ4n) is 1.86. The van der Waals surface area contributed by atoms with Gasteiger partial charge >= 0.3 is 0 Å². The lowest BCUT2D eigenvalue weighted by molar-refractivity contribution is 0.171. The van der Waals surface area contributed by atoms with Crippen molar-refractivity contribution in [3.63, 3.8) is 0 Å². The Morgan fingerprint density at radius 3 is 2.63 bits per heavy atom. The zero-order chi connectivity index (χ0) is 13.1. The Balaban J connectivity index is 1.89. The van der Waals surface area contributed by atoms with Crippen LogP contribution in [0.2, 0.25) is 0 Å². The molecule has 0 saturated heterocycles. The van der Waals surface area contributed by atoms with Gasteiger partial charge in [0.2, 0.25) is 0 Å². The van der Waals surface area contributed by atoms with Crippen LogP contribution in [0.5, 0.6) is 11.5 Å². The van der Waals surface area contributed by atoms with Gasteiger partial charge in [-0.15, -0.1) is 0 Å². The van der Waals surface area contributed by atoms with E-state index in [1.807, 2.05) is 42.5 Å². The second kappa shape index (κ2) is 5.25. The summed E-state index contributed by atoms with van der Waals surface area (Å²) in [5.41, 5.74) is 0.683. The molecule has 3 nitrogen and oxygen atoms in total. The maximum atomic E-state index is 9.08. The quantitative estimate of drug-likeness (QED) is 0.837. The van der Waals surface area contributed by atoms with Gasteiger partial charge in [0.05, 0.1) is 5.56 Å². The monoisotopic (exact) mass is 269 g/mol. The largest absolute Gasteiger partial charge is 0.486 e. The lowest BCUT2D eigenvalue weighted by atomic mass is 10.2. The van der Waals surface area contributed by atoms with Crippen molar-refractivity contribution in [2.75, 3.05) is 13.2 Å². The lowest BCUT2D eigenvalue weighted by Crippen LogP contribution is -2.15. The molecule has 0 unspecified atom stereocenters. The molecule has 1 heterocycles. The molecule has 0 spiro atoms. The van der Waals surface area contributed by atoms with Crippen LogP contribution in [0.15, 0.2) is 52.3 Å². The summed E-state index contributed by atoms with van der Waals surface area (Å²) < 4.78 is 11.0. The molecule has 0 fully saturated rings. The second-order valence-electron chi connectivity index (χ2n) is 4.02. The highest BCUT2D eigenvalue weighted by atomic mass is 32.2. The first-order valence-corrected chi connectivity index (χ1v) is 6.75. The smallest absolute Gasteiger partial charge is 0.162 e. The van der Waals surface area contributed by atoms with Crippen LogP contribution in [-0.4, -0.2) is 13.2 Å². The highest BCUT2D eigenvalue weighted by Crippen LogP contribution is 2.37. The maximum absolute atomic E-state index is 9.08. The number of hydrogen-bond acceptors (Lipinski definition) is 4. The highest BCUT2D eigenvalue weighted by Gasteiger charge is 2.12. The molecule has 0 radical (unpaired) electrons. The number of fused-ring (bicyclic) bond motifs is 1. The SMILES string of the molecule is N#Cc1ccccc1Sc1ccc2c(c1)OCCO2. The average Bonchev–Trinajstić information content (AvgIpc) is 2.48. The fraction of sp³-hybridized carbons (Fsp3) is 0.133. The van der Waals surface area contributed by atoms with E-state index < -0.39 is 0 Å². The first-order valence-electron chi connectivity index (χ1n) is 5.93. The van der Waals surface area contributed by atoms with Gasteiger partial charge in [-0.25, -0.2) is 0 Å². The third kappa shape index (κ3) is 2.51. The van der Waals surface area contributed by atoms with Gasteiger partial charge in [-0.3, -0.25) is 0 Å². The summed E-state index contributed by atoms with van der Waals surface area (Å²) >= 11 is 1.55. The minimum absolute atomic E-state index is 0.579. The van der Waals surface area contributed by atoms with E-state index in [4.69, 9.17) is 14.7 Å². The summed E-state index contributed by atoms with van der Waals surface area (Å²) in [6.45, 7) is 1.17. The van der Waals surface area contributed by atoms with E-state index in [0.717, 1.165) is 21.3 Å². The van der Waals surface area contributed by atoms with Crippen molar-refractivity contribution in [3.8, 4) is 17.6 Å². The third-order valence-electron chi connectivity index (χ3n) is 2.75. The molecule has 94 valence electrons. The Morgan fingerprint density at radius 2 is 1.79 bits per heavy atom. The van der Waals surface area contributed by atoms with E-state index in [1.54, 1.807) is 11.8 Å². The van der Waals surface area contributed by atoms with E-state index in [2.05, 4.69) is 6.07 Å². The second-order valence-corrected chi connectivity index (χ2v) is 5.13. The molecule has 1 aliphatic heterocycles. The van der Waals surface area contributed by atoms with Gasteiger partial charge in [0, 0.05) is 9.79 Å². The summed E-state index contributed by atoms with van der Waals surface area (Å²) in [4.78, 5) is 1.98. The van der Waals surface area contributed by atoms with Crippen LogP contribution >= 0.6 is 11.8 Å². The number of rotatable bonds is 2. The summed E-state index contributed by atoms with van der Waals surface area (Å²) in [5, 5.41) is 9.08. The number of ether oxygens (including phenoxy) is 2. The predicted octanol–water partition coefficient (Wildman–Crippen LogP) is 3.48. The number of hydrogen-bond donors (Lipinski definition) is 0. The molecular weight excluding hydrogens is 258 g/mol. The van der Waals surface area contributed by atoms with Gasteiger partial charge in [-0.05, 0) is 30.3 Å². The molecule has 0 N–H and O–H groups in total. The van der Waals surface area contributed by atoms with Crippen molar-refractivity contribution in [1.82, 2.24) is 0 Å². The number of nitrogens with zero attached hydrogens (tertiary/aromatic N) is 1. The van der Waals surface area contributed by atoms with Crippen molar-refractivity contribution in [2.45, 2.75) is 9.79 Å². The maximum Gasteiger partial charge on any atom is 0.162 e. The van der Waals surface area contributed by atoms with Crippen molar-refractivity contribution >= 4 is 11.8 Å². The van der Waals surface area contributed by atoms with Gasteiger partial charge in [0.15, 0.2) is 11.5 Å². The topological polar surface area (TPSA) is 42.2 Å². The van der Waals surface area contributed by atoms with E-state index in [-0.39, 0.29) is 0 Å². The molecule has 0 amide bonds. The molecule has 2 aromatic carbocycles. The fourth-order valence-corrected chi connectivity index (χ4v) is 2.79. The Hall–Kier alpha value is -2.12. The standard InChI is InChI=1S/C15H11NO2S/c16-10-11-3-1-2-4-15(11)19-12-5-6-13-14(9-12)18-8-7-17-13/h1-6,9H,7-8H2. The van der Waals surface area contributed by atoms with Gasteiger partial charge in [0.1, 0.15) is 19.3 Å². The normalized spacial score (nSPS) is 12.8. The molecule has 0 bridgehead atoms. The number of benzene rings is 2. The molecule has 0 aliphatic carbocycles. The van der Waals surface area contributed by atoms with E-state index in [0.29, 0.717) is 18.8 Å². The molecule has 4 heteroatoms. The first-order chi connectivity index (χ1) is 9.36. The van der Waals surface area contributed by atoms with Crippen molar-refractivity contribution in [2.24, 2.45) is 0 Å². The summed E-state index contributed by atoms with van der Waals surface area (Å²) in [6.07, 6.45) is 0. The summed E-state index contributed by atoms with van der Waals surface area (Å²) in [5.74, 6) is 1.55. The van der Waals surface area contributed by atoms with E-state index >= 15 is 0 Å². The third-order valence-corrected chi connectivity index (χ3v) is 3.81. The van der Waals surface area contributed by atoms with Crippen molar-refractivity contribution < 1.29 is 9.47 Å². The Labute approximate surface area is 115 Å². The first kappa shape index (κ1) is 11.9.